The van der Waals surface area contributed by atoms with Crippen molar-refractivity contribution in [1.29, 1.82) is 0 Å². The van der Waals surface area contributed by atoms with Crippen LogP contribution in [0, 0.1) is 13.8 Å². The molecule has 3 rings (SSSR count). The smallest absolute Gasteiger partial charge is 0.253 e. The van der Waals surface area contributed by atoms with Crippen LogP contribution in [0.1, 0.15) is 27.2 Å². The molecule has 1 N–H and O–H groups in total. The van der Waals surface area contributed by atoms with Crippen molar-refractivity contribution in [1.82, 2.24) is 10.3 Å². The molecular formula is C21H20N2O2. The molecule has 0 radical (unpaired) electrons. The largest absolute Gasteiger partial charge is 0.457 e. The molecule has 4 heteroatoms. The number of carbonyl (C=O) groups is 1. The number of carbonyl (C=O) groups excluding carboxylic acids is 1. The van der Waals surface area contributed by atoms with Crippen molar-refractivity contribution in [3.8, 4) is 11.5 Å². The van der Waals surface area contributed by atoms with E-state index in [2.05, 4.69) is 10.3 Å². The Bertz CT molecular complexity index is 856. The van der Waals surface area contributed by atoms with Crippen LogP contribution < -0.4 is 10.1 Å². The van der Waals surface area contributed by atoms with E-state index in [0.717, 1.165) is 22.8 Å². The van der Waals surface area contributed by atoms with E-state index in [1.807, 2.05) is 68.4 Å². The summed E-state index contributed by atoms with van der Waals surface area (Å²) in [6.45, 7) is 4.36. The van der Waals surface area contributed by atoms with Crippen molar-refractivity contribution >= 4 is 5.91 Å². The van der Waals surface area contributed by atoms with Crippen molar-refractivity contribution in [2.24, 2.45) is 0 Å². The van der Waals surface area contributed by atoms with E-state index in [-0.39, 0.29) is 5.91 Å². The van der Waals surface area contributed by atoms with Gasteiger partial charge < -0.3 is 10.1 Å². The van der Waals surface area contributed by atoms with Crippen molar-refractivity contribution in [2.75, 3.05) is 0 Å². The minimum Gasteiger partial charge on any atom is -0.457 e. The van der Waals surface area contributed by atoms with Crippen LogP contribution in [0.25, 0.3) is 0 Å². The number of hydrogen-bond acceptors (Lipinski definition) is 3. The van der Waals surface area contributed by atoms with Gasteiger partial charge in [-0.25, -0.2) is 0 Å². The summed E-state index contributed by atoms with van der Waals surface area (Å²) in [5.41, 5.74) is 3.60. The Morgan fingerprint density at radius 2 is 1.80 bits per heavy atom. The number of hydrogen-bond donors (Lipinski definition) is 1. The predicted molar refractivity (Wildman–Crippen MR) is 97.8 cm³/mol. The average Bonchev–Trinajstić information content (AvgIpc) is 2.63. The maximum absolute atomic E-state index is 12.2. The summed E-state index contributed by atoms with van der Waals surface area (Å²) in [6.07, 6.45) is 1.58. The summed E-state index contributed by atoms with van der Waals surface area (Å²) in [6, 6.07) is 19.2. The normalized spacial score (nSPS) is 10.3. The molecule has 0 spiro atoms. The SMILES string of the molecule is Cc1ccc(Oc2cccc(CNC(=O)c3ccc(C)nc3)c2)cc1. The molecule has 3 aromatic rings. The lowest BCUT2D eigenvalue weighted by Gasteiger charge is -2.09. The third kappa shape index (κ3) is 4.67. The van der Waals surface area contributed by atoms with Crippen LogP contribution in [0.4, 0.5) is 0 Å². The Balaban J connectivity index is 1.62. The number of rotatable bonds is 5. The molecule has 1 aromatic heterocycles. The molecule has 0 atom stereocenters. The van der Waals surface area contributed by atoms with Crippen LogP contribution in [-0.2, 0) is 6.54 Å². The second kappa shape index (κ2) is 7.62. The highest BCUT2D eigenvalue weighted by Gasteiger charge is 2.06. The number of aryl methyl sites for hydroxylation is 2. The highest BCUT2D eigenvalue weighted by molar-refractivity contribution is 5.93. The predicted octanol–water partition coefficient (Wildman–Crippen LogP) is 4.42. The summed E-state index contributed by atoms with van der Waals surface area (Å²) in [5, 5.41) is 2.90. The molecule has 4 nitrogen and oxygen atoms in total. The summed E-state index contributed by atoms with van der Waals surface area (Å²) in [5.74, 6) is 1.39. The number of nitrogens with zero attached hydrogens (tertiary/aromatic N) is 1. The van der Waals surface area contributed by atoms with Crippen molar-refractivity contribution in [3.05, 3.63) is 89.2 Å². The van der Waals surface area contributed by atoms with Gasteiger partial charge in [0.25, 0.3) is 5.91 Å². The van der Waals surface area contributed by atoms with Gasteiger partial charge in [0, 0.05) is 18.4 Å². The van der Waals surface area contributed by atoms with Crippen molar-refractivity contribution in [2.45, 2.75) is 20.4 Å². The molecular weight excluding hydrogens is 312 g/mol. The topological polar surface area (TPSA) is 51.2 Å². The molecule has 126 valence electrons. The fourth-order valence-corrected chi connectivity index (χ4v) is 2.35. The molecule has 25 heavy (non-hydrogen) atoms. The molecule has 0 aliphatic rings. The van der Waals surface area contributed by atoms with Gasteiger partial charge >= 0.3 is 0 Å². The fraction of sp³-hybridized carbons (Fsp3) is 0.143. The van der Waals surface area contributed by atoms with Crippen molar-refractivity contribution in [3.63, 3.8) is 0 Å². The van der Waals surface area contributed by atoms with Gasteiger partial charge in [0.2, 0.25) is 0 Å². The Kier molecular flexibility index (Phi) is 5.09. The molecule has 1 amide bonds. The lowest BCUT2D eigenvalue weighted by Crippen LogP contribution is -2.22. The molecule has 0 fully saturated rings. The first-order chi connectivity index (χ1) is 12.1. The standard InChI is InChI=1S/C21H20N2O2/c1-15-6-10-19(11-7-15)25-20-5-3-4-17(12-20)13-23-21(24)18-9-8-16(2)22-14-18/h3-12,14H,13H2,1-2H3,(H,23,24). The highest BCUT2D eigenvalue weighted by Crippen LogP contribution is 2.22. The number of amides is 1. The lowest BCUT2D eigenvalue weighted by atomic mass is 10.2. The number of aromatic nitrogens is 1. The maximum Gasteiger partial charge on any atom is 0.253 e. The lowest BCUT2D eigenvalue weighted by molar-refractivity contribution is 0.0950. The monoisotopic (exact) mass is 332 g/mol. The summed E-state index contributed by atoms with van der Waals surface area (Å²) in [7, 11) is 0. The summed E-state index contributed by atoms with van der Waals surface area (Å²) < 4.78 is 5.86. The Hall–Kier alpha value is -3.14. The quantitative estimate of drug-likeness (QED) is 0.752. The van der Waals surface area contributed by atoms with Gasteiger partial charge in [-0.2, -0.15) is 0 Å². The van der Waals surface area contributed by atoms with E-state index in [4.69, 9.17) is 4.74 Å². The zero-order valence-corrected chi connectivity index (χ0v) is 14.3. The number of benzene rings is 2. The van der Waals surface area contributed by atoms with Gasteiger partial charge in [-0.05, 0) is 55.8 Å². The number of pyridine rings is 1. The summed E-state index contributed by atoms with van der Waals surface area (Å²) in [4.78, 5) is 16.3. The first-order valence-electron chi connectivity index (χ1n) is 8.14. The zero-order valence-electron chi connectivity index (χ0n) is 14.3. The van der Waals surface area contributed by atoms with Crippen LogP contribution in [0.15, 0.2) is 66.9 Å². The van der Waals surface area contributed by atoms with E-state index in [1.54, 1.807) is 12.3 Å². The molecule has 0 saturated carbocycles. The zero-order chi connectivity index (χ0) is 17.6. The second-order valence-corrected chi connectivity index (χ2v) is 5.93. The number of nitrogens with one attached hydrogen (secondary N) is 1. The van der Waals surface area contributed by atoms with Gasteiger partial charge in [0.15, 0.2) is 0 Å². The van der Waals surface area contributed by atoms with Crippen LogP contribution >= 0.6 is 0 Å². The van der Waals surface area contributed by atoms with Crippen LogP contribution in [-0.4, -0.2) is 10.9 Å². The van der Waals surface area contributed by atoms with E-state index in [9.17, 15) is 4.79 Å². The third-order valence-corrected chi connectivity index (χ3v) is 3.78. The molecule has 0 aliphatic heterocycles. The van der Waals surface area contributed by atoms with Crippen LogP contribution in [0.3, 0.4) is 0 Å². The molecule has 0 saturated heterocycles. The number of ether oxygens (including phenoxy) is 1. The second-order valence-electron chi connectivity index (χ2n) is 5.93. The van der Waals surface area contributed by atoms with Crippen molar-refractivity contribution < 1.29 is 9.53 Å². The molecule has 0 bridgehead atoms. The maximum atomic E-state index is 12.2. The molecule has 0 aliphatic carbocycles. The van der Waals surface area contributed by atoms with E-state index < -0.39 is 0 Å². The Morgan fingerprint density at radius 1 is 1.00 bits per heavy atom. The molecule has 0 unspecified atom stereocenters. The van der Waals surface area contributed by atoms with Gasteiger partial charge in [0.05, 0.1) is 5.56 Å². The fourth-order valence-electron chi connectivity index (χ4n) is 2.35. The van der Waals surface area contributed by atoms with E-state index >= 15 is 0 Å². The van der Waals surface area contributed by atoms with Gasteiger partial charge in [-0.1, -0.05) is 29.8 Å². The Morgan fingerprint density at radius 3 is 2.52 bits per heavy atom. The first-order valence-corrected chi connectivity index (χ1v) is 8.14. The minimum absolute atomic E-state index is 0.141. The third-order valence-electron chi connectivity index (χ3n) is 3.78. The minimum atomic E-state index is -0.141. The molecule has 2 aromatic carbocycles. The van der Waals surface area contributed by atoms with Crippen LogP contribution in [0.2, 0.25) is 0 Å². The Labute approximate surface area is 147 Å². The van der Waals surface area contributed by atoms with Gasteiger partial charge in [-0.15, -0.1) is 0 Å². The van der Waals surface area contributed by atoms with Gasteiger partial charge in [-0.3, -0.25) is 9.78 Å². The van der Waals surface area contributed by atoms with Crippen LogP contribution in [0.5, 0.6) is 11.5 Å². The summed E-state index contributed by atoms with van der Waals surface area (Å²) >= 11 is 0. The highest BCUT2D eigenvalue weighted by atomic mass is 16.5. The van der Waals surface area contributed by atoms with E-state index in [1.165, 1.54) is 5.56 Å². The first kappa shape index (κ1) is 16.7. The van der Waals surface area contributed by atoms with Gasteiger partial charge in [0.1, 0.15) is 11.5 Å². The van der Waals surface area contributed by atoms with E-state index in [0.29, 0.717) is 12.1 Å². The average molecular weight is 332 g/mol. The molecule has 1 heterocycles.